The van der Waals surface area contributed by atoms with E-state index in [-0.39, 0.29) is 0 Å². The van der Waals surface area contributed by atoms with Crippen LogP contribution in [0.25, 0.3) is 11.3 Å². The molecule has 3 heterocycles. The molecule has 2 aliphatic rings. The highest BCUT2D eigenvalue weighted by atomic mass is 35.5. The molecular weight excluding hydrogens is 368 g/mol. The van der Waals surface area contributed by atoms with Crippen molar-refractivity contribution < 1.29 is 4.52 Å². The van der Waals surface area contributed by atoms with Crippen LogP contribution in [0, 0.1) is 6.92 Å². The van der Waals surface area contributed by atoms with E-state index in [0.29, 0.717) is 23.9 Å². The number of piperidine rings is 1. The van der Waals surface area contributed by atoms with Crippen molar-refractivity contribution >= 4 is 11.6 Å². The molecule has 2 unspecified atom stereocenters. The van der Waals surface area contributed by atoms with Gasteiger partial charge in [0.25, 0.3) is 0 Å². The van der Waals surface area contributed by atoms with Crippen LogP contribution in [0.5, 0.6) is 0 Å². The van der Waals surface area contributed by atoms with Crippen LogP contribution in [0.3, 0.4) is 0 Å². The van der Waals surface area contributed by atoms with E-state index in [1.807, 2.05) is 24.3 Å². The minimum absolute atomic E-state index is 0.333. The van der Waals surface area contributed by atoms with Gasteiger partial charge >= 0.3 is 0 Å². The Balaban J connectivity index is 1.53. The third-order valence-electron chi connectivity index (χ3n) is 6.77. The second-order valence-corrected chi connectivity index (χ2v) is 8.80. The first-order chi connectivity index (χ1) is 13.6. The van der Waals surface area contributed by atoms with E-state index in [9.17, 15) is 0 Å². The first-order valence-corrected chi connectivity index (χ1v) is 10.5. The zero-order chi connectivity index (χ0) is 19.3. The summed E-state index contributed by atoms with van der Waals surface area (Å²) in [5.74, 6) is 1.81. The Hall–Kier alpha value is -2.10. The van der Waals surface area contributed by atoms with Gasteiger partial charge in [0.2, 0.25) is 0 Å². The number of rotatable bonds is 3. The van der Waals surface area contributed by atoms with Crippen molar-refractivity contribution in [2.45, 2.75) is 50.1 Å². The van der Waals surface area contributed by atoms with Gasteiger partial charge < -0.3 is 4.52 Å². The SMILES string of the molecule is Cc1ccc([C@H]2CC3CCC([C@H]2c2cc(-c4ccc(Cl)cc4)no2)N3C)cc1. The molecule has 0 aliphatic carbocycles. The number of fused-ring (bicyclic) bond motifs is 2. The summed E-state index contributed by atoms with van der Waals surface area (Å²) in [6.07, 6.45) is 3.68. The Bertz CT molecular complexity index is 963. The molecule has 2 fully saturated rings. The number of benzene rings is 2. The van der Waals surface area contributed by atoms with Crippen molar-refractivity contribution in [1.82, 2.24) is 10.1 Å². The summed E-state index contributed by atoms with van der Waals surface area (Å²) in [6, 6.07) is 20.2. The molecule has 0 spiro atoms. The van der Waals surface area contributed by atoms with Gasteiger partial charge in [-0.2, -0.15) is 0 Å². The largest absolute Gasteiger partial charge is 0.360 e. The van der Waals surface area contributed by atoms with Gasteiger partial charge in [-0.05, 0) is 56.8 Å². The van der Waals surface area contributed by atoms with Gasteiger partial charge in [-0.25, -0.2) is 0 Å². The molecule has 144 valence electrons. The first kappa shape index (κ1) is 18.0. The molecule has 3 nitrogen and oxygen atoms in total. The van der Waals surface area contributed by atoms with Crippen LogP contribution in [0.2, 0.25) is 5.02 Å². The van der Waals surface area contributed by atoms with Gasteiger partial charge in [0.15, 0.2) is 0 Å². The molecule has 2 saturated heterocycles. The summed E-state index contributed by atoms with van der Waals surface area (Å²) in [7, 11) is 2.27. The van der Waals surface area contributed by atoms with Gasteiger partial charge in [0, 0.05) is 34.7 Å². The quantitative estimate of drug-likeness (QED) is 0.544. The van der Waals surface area contributed by atoms with E-state index in [1.54, 1.807) is 0 Å². The number of hydrogen-bond acceptors (Lipinski definition) is 3. The lowest BCUT2D eigenvalue weighted by Gasteiger charge is -2.42. The highest BCUT2D eigenvalue weighted by Gasteiger charge is 2.48. The van der Waals surface area contributed by atoms with Crippen molar-refractivity contribution in [2.24, 2.45) is 0 Å². The lowest BCUT2D eigenvalue weighted by atomic mass is 9.74. The van der Waals surface area contributed by atoms with Crippen LogP contribution in [-0.4, -0.2) is 29.2 Å². The maximum Gasteiger partial charge on any atom is 0.142 e. The molecule has 0 radical (unpaired) electrons. The minimum atomic E-state index is 0.333. The number of aryl methyl sites for hydroxylation is 1. The third-order valence-corrected chi connectivity index (χ3v) is 7.02. The number of halogens is 1. The Kier molecular flexibility index (Phi) is 4.53. The van der Waals surface area contributed by atoms with Crippen LogP contribution in [0.4, 0.5) is 0 Å². The number of hydrogen-bond donors (Lipinski definition) is 0. The Morgan fingerprint density at radius 1 is 1.04 bits per heavy atom. The molecule has 0 saturated carbocycles. The van der Waals surface area contributed by atoms with Crippen molar-refractivity contribution in [2.75, 3.05) is 7.05 Å². The van der Waals surface area contributed by atoms with Crippen molar-refractivity contribution in [3.63, 3.8) is 0 Å². The van der Waals surface area contributed by atoms with Crippen LogP contribution >= 0.6 is 11.6 Å². The van der Waals surface area contributed by atoms with Crippen molar-refractivity contribution in [3.8, 4) is 11.3 Å². The van der Waals surface area contributed by atoms with E-state index in [0.717, 1.165) is 22.0 Å². The van der Waals surface area contributed by atoms with Crippen LogP contribution in [-0.2, 0) is 0 Å². The Morgan fingerprint density at radius 2 is 1.79 bits per heavy atom. The van der Waals surface area contributed by atoms with Gasteiger partial charge in [0.1, 0.15) is 11.5 Å². The number of likely N-dealkylation sites (N-methyl/N-ethyl adjacent to an activating group) is 1. The average Bonchev–Trinajstić information content (AvgIpc) is 3.26. The molecule has 0 amide bonds. The van der Waals surface area contributed by atoms with E-state index in [1.165, 1.54) is 30.4 Å². The first-order valence-electron chi connectivity index (χ1n) is 10.1. The molecule has 2 aliphatic heterocycles. The number of aromatic nitrogens is 1. The fraction of sp³-hybridized carbons (Fsp3) is 0.375. The van der Waals surface area contributed by atoms with Crippen molar-refractivity contribution in [1.29, 1.82) is 0 Å². The summed E-state index contributed by atoms with van der Waals surface area (Å²) in [4.78, 5) is 2.57. The van der Waals surface area contributed by atoms with Gasteiger partial charge in [-0.1, -0.05) is 58.7 Å². The lowest BCUT2D eigenvalue weighted by Crippen LogP contribution is -2.44. The standard InChI is InChI=1S/C24H25ClN2O/c1-15-3-5-16(6-4-15)20-13-19-11-12-22(27(19)2)24(20)23-14-21(26-28-23)17-7-9-18(25)10-8-17/h3-10,14,19-20,22,24H,11-13H2,1-2H3/t19?,20-,22?,24+/m1/s1. The second-order valence-electron chi connectivity index (χ2n) is 8.36. The second kappa shape index (κ2) is 7.06. The maximum atomic E-state index is 6.03. The minimum Gasteiger partial charge on any atom is -0.360 e. The predicted molar refractivity (Wildman–Crippen MR) is 113 cm³/mol. The van der Waals surface area contributed by atoms with E-state index in [4.69, 9.17) is 16.1 Å². The summed E-state index contributed by atoms with van der Waals surface area (Å²) in [5.41, 5.74) is 4.66. The summed E-state index contributed by atoms with van der Waals surface area (Å²) in [5, 5.41) is 5.14. The smallest absolute Gasteiger partial charge is 0.142 e. The maximum absolute atomic E-state index is 6.03. The summed E-state index contributed by atoms with van der Waals surface area (Å²) < 4.78 is 5.95. The molecule has 2 bridgehead atoms. The van der Waals surface area contributed by atoms with Crippen LogP contribution < -0.4 is 0 Å². The molecule has 0 N–H and O–H groups in total. The molecule has 3 aromatic rings. The van der Waals surface area contributed by atoms with E-state index >= 15 is 0 Å². The van der Waals surface area contributed by atoms with Gasteiger partial charge in [-0.15, -0.1) is 0 Å². The van der Waals surface area contributed by atoms with Crippen LogP contribution in [0.1, 0.15) is 48.0 Å². The molecule has 2 aromatic carbocycles. The zero-order valence-electron chi connectivity index (χ0n) is 16.3. The molecule has 4 heteroatoms. The molecule has 28 heavy (non-hydrogen) atoms. The van der Waals surface area contributed by atoms with E-state index < -0.39 is 0 Å². The fourth-order valence-electron chi connectivity index (χ4n) is 5.21. The lowest BCUT2D eigenvalue weighted by molar-refractivity contribution is 0.122. The van der Waals surface area contributed by atoms with E-state index in [2.05, 4.69) is 54.4 Å². The van der Waals surface area contributed by atoms with Crippen LogP contribution in [0.15, 0.2) is 59.1 Å². The Labute approximate surface area is 171 Å². The Morgan fingerprint density at radius 3 is 2.54 bits per heavy atom. The molecule has 5 rings (SSSR count). The summed E-state index contributed by atoms with van der Waals surface area (Å²) >= 11 is 6.03. The zero-order valence-corrected chi connectivity index (χ0v) is 17.1. The normalized spacial score (nSPS) is 27.2. The fourth-order valence-corrected chi connectivity index (χ4v) is 5.34. The molecule has 4 atom stereocenters. The van der Waals surface area contributed by atoms with Crippen molar-refractivity contribution in [3.05, 3.63) is 76.5 Å². The monoisotopic (exact) mass is 392 g/mol. The predicted octanol–water partition coefficient (Wildman–Crippen LogP) is 6.04. The average molecular weight is 393 g/mol. The van der Waals surface area contributed by atoms with Gasteiger partial charge in [0.05, 0.1) is 0 Å². The van der Waals surface area contributed by atoms with Gasteiger partial charge in [-0.3, -0.25) is 4.90 Å². The molecule has 1 aromatic heterocycles. The number of nitrogens with zero attached hydrogens (tertiary/aromatic N) is 2. The topological polar surface area (TPSA) is 29.3 Å². The highest BCUT2D eigenvalue weighted by molar-refractivity contribution is 6.30. The molecular formula is C24H25ClN2O. The summed E-state index contributed by atoms with van der Waals surface area (Å²) in [6.45, 7) is 2.15. The third kappa shape index (κ3) is 3.07. The highest BCUT2D eigenvalue weighted by Crippen LogP contribution is 2.51.